The van der Waals surface area contributed by atoms with Gasteiger partial charge >= 0.3 is 0 Å². The lowest BCUT2D eigenvalue weighted by atomic mass is 9.80. The quantitative estimate of drug-likeness (QED) is 0.112. The average Bonchev–Trinajstić information content (AvgIpc) is 1.87. The van der Waals surface area contributed by atoms with Gasteiger partial charge in [0.1, 0.15) is 0 Å². The lowest BCUT2D eigenvalue weighted by Crippen LogP contribution is -2.17. The Kier molecular flexibility index (Phi) is 10.9. The fourth-order valence-corrected chi connectivity index (χ4v) is 14.0. The van der Waals surface area contributed by atoms with E-state index in [0.717, 1.165) is 61.1 Å². The maximum atomic E-state index is 5.48. The number of fused-ring (bicyclic) bond motifs is 15. The minimum atomic E-state index is -0.430. The zero-order valence-corrected chi connectivity index (χ0v) is 46.9. The fourth-order valence-electron chi connectivity index (χ4n) is 14.0. The van der Waals surface area contributed by atoms with Gasteiger partial charge in [0, 0.05) is 49.5 Å². The van der Waals surface area contributed by atoms with Crippen molar-refractivity contribution in [3.63, 3.8) is 0 Å². The molecule has 0 unspecified atom stereocenters. The summed E-state index contributed by atoms with van der Waals surface area (Å²) in [7, 11) is 0. The molecule has 398 valence electrons. The first kappa shape index (κ1) is 48.7. The summed E-state index contributed by atoms with van der Waals surface area (Å²) in [5, 5.41) is 14.6. The van der Waals surface area contributed by atoms with E-state index in [1.165, 1.54) is 87.2 Å². The van der Waals surface area contributed by atoms with Gasteiger partial charge in [-0.25, -0.2) is 4.98 Å². The Labute approximate surface area is 492 Å². The molecule has 0 N–H and O–H groups in total. The van der Waals surface area contributed by atoms with E-state index >= 15 is 0 Å². The van der Waals surface area contributed by atoms with Crippen molar-refractivity contribution in [2.45, 2.75) is 19.3 Å². The molecule has 2 aromatic heterocycles. The van der Waals surface area contributed by atoms with Crippen LogP contribution in [0.15, 0.2) is 285 Å². The van der Waals surface area contributed by atoms with Crippen LogP contribution >= 0.6 is 0 Å². The standard InChI is InChI=1S/C80H53N5/c1-80(2)72-49-69-65-36-19-17-34-63(65)62-33-16-18-35-64(62)68(69)48-70(72)66-42-43-67-71-47-55(39-44-73(71)85(76(67)74(66)80)79-82-77(52-23-8-4-9-24-52)81-78(83-79)53-25-10-5-11-26-53)54-29-20-30-59(46-54)84(58-40-37-51(38-41-58)50-21-6-3-7-22-50)75-60-31-14-12-27-56(60)45-57-28-13-15-32-61(57)75/h3-49H,1-2H3. The number of hydrogen-bond donors (Lipinski definition) is 0. The van der Waals surface area contributed by atoms with E-state index in [1.807, 2.05) is 36.4 Å². The van der Waals surface area contributed by atoms with E-state index in [9.17, 15) is 0 Å². The van der Waals surface area contributed by atoms with E-state index in [1.54, 1.807) is 0 Å². The monoisotopic (exact) mass is 1080 g/mol. The van der Waals surface area contributed by atoms with Crippen LogP contribution in [0.2, 0.25) is 0 Å². The highest BCUT2D eigenvalue weighted by Crippen LogP contribution is 2.55. The topological polar surface area (TPSA) is 46.8 Å². The molecule has 16 aromatic rings. The van der Waals surface area contributed by atoms with Gasteiger partial charge in [0.05, 0.1) is 16.7 Å². The number of aromatic nitrogens is 4. The van der Waals surface area contributed by atoms with Crippen LogP contribution in [0.1, 0.15) is 25.0 Å². The Bertz CT molecular complexity index is 5270. The number of hydrogen-bond acceptors (Lipinski definition) is 4. The molecule has 0 fully saturated rings. The van der Waals surface area contributed by atoms with Crippen molar-refractivity contribution >= 4 is 92.7 Å². The van der Waals surface area contributed by atoms with Crippen molar-refractivity contribution in [3.8, 4) is 62.1 Å². The molecule has 5 heteroatoms. The van der Waals surface area contributed by atoms with Crippen LogP contribution in [-0.4, -0.2) is 19.5 Å². The van der Waals surface area contributed by atoms with E-state index in [2.05, 4.69) is 272 Å². The molecule has 17 rings (SSSR count). The Morgan fingerprint density at radius 2 is 0.812 bits per heavy atom. The van der Waals surface area contributed by atoms with Crippen molar-refractivity contribution in [3.05, 3.63) is 296 Å². The highest BCUT2D eigenvalue weighted by Gasteiger charge is 2.40. The molecule has 2 heterocycles. The summed E-state index contributed by atoms with van der Waals surface area (Å²) in [6.07, 6.45) is 0. The second-order valence-electron chi connectivity index (χ2n) is 23.1. The Morgan fingerprint density at radius 1 is 0.318 bits per heavy atom. The van der Waals surface area contributed by atoms with Gasteiger partial charge in [-0.1, -0.05) is 244 Å². The summed E-state index contributed by atoms with van der Waals surface area (Å²) in [5.41, 5.74) is 16.4. The van der Waals surface area contributed by atoms with E-state index in [-0.39, 0.29) is 0 Å². The molecule has 1 aliphatic rings. The molecule has 0 atom stereocenters. The smallest absolute Gasteiger partial charge is 0.238 e. The average molecular weight is 1080 g/mol. The Balaban J connectivity index is 0.906. The Morgan fingerprint density at radius 3 is 1.42 bits per heavy atom. The second kappa shape index (κ2) is 19.0. The predicted octanol–water partition coefficient (Wildman–Crippen LogP) is 21.2. The van der Waals surface area contributed by atoms with Crippen LogP contribution in [0, 0.1) is 0 Å². The van der Waals surface area contributed by atoms with Crippen molar-refractivity contribution in [2.75, 3.05) is 4.90 Å². The summed E-state index contributed by atoms with van der Waals surface area (Å²) in [6, 6.07) is 104. The molecule has 0 spiro atoms. The molecule has 0 amide bonds. The minimum absolute atomic E-state index is 0.430. The van der Waals surface area contributed by atoms with Crippen LogP contribution in [0.5, 0.6) is 0 Å². The van der Waals surface area contributed by atoms with Crippen LogP contribution in [-0.2, 0) is 5.41 Å². The van der Waals surface area contributed by atoms with Gasteiger partial charge in [0.2, 0.25) is 5.95 Å². The maximum Gasteiger partial charge on any atom is 0.238 e. The van der Waals surface area contributed by atoms with Gasteiger partial charge < -0.3 is 4.90 Å². The molecule has 1 aliphatic carbocycles. The SMILES string of the molecule is CC1(C)c2cc3c4ccccc4c4ccccc4c3cc2-c2ccc3c4cc(-c5cccc(N(c6ccc(-c7ccccc7)cc6)c6c7ccccc7cc7ccccc67)c5)ccc4n(-c4nc(-c5ccccc5)nc(-c5ccccc5)n4)c3c21. The van der Waals surface area contributed by atoms with E-state index in [0.29, 0.717) is 17.6 Å². The molecule has 0 aliphatic heterocycles. The summed E-state index contributed by atoms with van der Waals surface area (Å²) in [4.78, 5) is 18.6. The fraction of sp³-hybridized carbons (Fsp3) is 0.0375. The molecule has 0 saturated carbocycles. The summed E-state index contributed by atoms with van der Waals surface area (Å²) in [5.74, 6) is 1.80. The normalized spacial score (nSPS) is 12.7. The summed E-state index contributed by atoms with van der Waals surface area (Å²) < 4.78 is 2.34. The molecule has 5 nitrogen and oxygen atoms in total. The molecule has 85 heavy (non-hydrogen) atoms. The van der Waals surface area contributed by atoms with Gasteiger partial charge in [0.15, 0.2) is 11.6 Å². The molecular weight excluding hydrogens is 1030 g/mol. The Hall–Kier alpha value is -11.0. The van der Waals surface area contributed by atoms with Crippen molar-refractivity contribution in [1.82, 2.24) is 19.5 Å². The summed E-state index contributed by atoms with van der Waals surface area (Å²) in [6.45, 7) is 4.81. The minimum Gasteiger partial charge on any atom is -0.309 e. The van der Waals surface area contributed by atoms with Crippen LogP contribution < -0.4 is 4.90 Å². The first-order valence-corrected chi connectivity index (χ1v) is 29.2. The number of benzene rings is 14. The van der Waals surface area contributed by atoms with Gasteiger partial charge in [-0.05, 0) is 142 Å². The summed E-state index contributed by atoms with van der Waals surface area (Å²) >= 11 is 0. The molecule has 0 saturated heterocycles. The second-order valence-corrected chi connectivity index (χ2v) is 23.1. The zero-order chi connectivity index (χ0) is 56.3. The largest absolute Gasteiger partial charge is 0.309 e. The maximum absolute atomic E-state index is 5.48. The van der Waals surface area contributed by atoms with Gasteiger partial charge in [-0.2, -0.15) is 9.97 Å². The van der Waals surface area contributed by atoms with Crippen molar-refractivity contribution in [1.29, 1.82) is 0 Å². The number of rotatable bonds is 8. The van der Waals surface area contributed by atoms with Crippen molar-refractivity contribution in [2.24, 2.45) is 0 Å². The van der Waals surface area contributed by atoms with Gasteiger partial charge in [-0.3, -0.25) is 4.57 Å². The molecule has 0 bridgehead atoms. The molecule has 14 aromatic carbocycles. The van der Waals surface area contributed by atoms with Gasteiger partial charge in [0.25, 0.3) is 0 Å². The third-order valence-electron chi connectivity index (χ3n) is 17.9. The highest BCUT2D eigenvalue weighted by atomic mass is 15.2. The van der Waals surface area contributed by atoms with Gasteiger partial charge in [-0.15, -0.1) is 0 Å². The third-order valence-corrected chi connectivity index (χ3v) is 17.9. The zero-order valence-electron chi connectivity index (χ0n) is 46.9. The van der Waals surface area contributed by atoms with Crippen LogP contribution in [0.25, 0.3) is 138 Å². The van der Waals surface area contributed by atoms with Crippen LogP contribution in [0.3, 0.4) is 0 Å². The molecular formula is C80H53N5. The molecule has 0 radical (unpaired) electrons. The first-order valence-electron chi connectivity index (χ1n) is 29.2. The third kappa shape index (κ3) is 7.67. The predicted molar refractivity (Wildman–Crippen MR) is 356 cm³/mol. The van der Waals surface area contributed by atoms with Crippen molar-refractivity contribution < 1.29 is 0 Å². The first-order chi connectivity index (χ1) is 41.9. The number of anilines is 3. The van der Waals surface area contributed by atoms with E-state index in [4.69, 9.17) is 15.0 Å². The van der Waals surface area contributed by atoms with E-state index < -0.39 is 5.41 Å². The number of nitrogens with zero attached hydrogens (tertiary/aromatic N) is 5. The lowest BCUT2D eigenvalue weighted by molar-refractivity contribution is 0.664. The lowest BCUT2D eigenvalue weighted by Gasteiger charge is -2.29. The highest BCUT2D eigenvalue weighted by molar-refractivity contribution is 6.26. The van der Waals surface area contributed by atoms with Crippen LogP contribution in [0.4, 0.5) is 17.1 Å².